The maximum absolute atomic E-state index is 13.3. The minimum Gasteiger partial charge on any atom is -0.363 e. The van der Waals surface area contributed by atoms with Crippen molar-refractivity contribution < 1.29 is 4.79 Å². The van der Waals surface area contributed by atoms with Crippen LogP contribution in [0.1, 0.15) is 67.2 Å². The Kier molecular flexibility index (Phi) is 4.92. The molecule has 0 saturated heterocycles. The summed E-state index contributed by atoms with van der Waals surface area (Å²) in [5, 5.41) is 11.3. The Labute approximate surface area is 178 Å². The van der Waals surface area contributed by atoms with Gasteiger partial charge in [0.1, 0.15) is 11.4 Å². The molecule has 0 spiro atoms. The van der Waals surface area contributed by atoms with Crippen LogP contribution in [0, 0.1) is 6.92 Å². The Morgan fingerprint density at radius 1 is 1.13 bits per heavy atom. The topological polar surface area (TPSA) is 59.0 Å². The molecule has 5 nitrogen and oxygen atoms in total. The Morgan fingerprint density at radius 3 is 2.47 bits per heavy atom. The first-order valence-electron chi connectivity index (χ1n) is 10.5. The summed E-state index contributed by atoms with van der Waals surface area (Å²) in [4.78, 5) is 13.3. The zero-order valence-corrected chi connectivity index (χ0v) is 18.4. The molecule has 5 heteroatoms. The Bertz CT molecular complexity index is 1050. The predicted octanol–water partition coefficient (Wildman–Crippen LogP) is 5.15. The van der Waals surface area contributed by atoms with Crippen LogP contribution in [-0.4, -0.2) is 15.7 Å². The van der Waals surface area contributed by atoms with Crippen LogP contribution in [0.25, 0.3) is 0 Å². The molecule has 3 aromatic rings. The van der Waals surface area contributed by atoms with Crippen LogP contribution in [0.3, 0.4) is 0 Å². The largest absolute Gasteiger partial charge is 0.363 e. The van der Waals surface area contributed by atoms with E-state index in [1.807, 2.05) is 36.7 Å². The molecule has 0 fully saturated rings. The van der Waals surface area contributed by atoms with Crippen molar-refractivity contribution in [3.63, 3.8) is 0 Å². The number of carbonyl (C=O) groups is 1. The number of anilines is 1. The lowest BCUT2D eigenvalue weighted by molar-refractivity contribution is 0.0912. The van der Waals surface area contributed by atoms with Crippen molar-refractivity contribution in [1.82, 2.24) is 15.1 Å². The molecule has 1 aliphatic heterocycles. The lowest BCUT2D eigenvalue weighted by Crippen LogP contribution is -2.42. The third-order valence-corrected chi connectivity index (χ3v) is 6.00. The van der Waals surface area contributed by atoms with Crippen molar-refractivity contribution >= 4 is 11.7 Å². The van der Waals surface area contributed by atoms with Gasteiger partial charge >= 0.3 is 0 Å². The zero-order chi connectivity index (χ0) is 21.5. The van der Waals surface area contributed by atoms with Gasteiger partial charge in [-0.15, -0.1) is 0 Å². The quantitative estimate of drug-likeness (QED) is 0.635. The number of aryl methyl sites for hydroxylation is 1. The number of amides is 1. The molecule has 1 atom stereocenters. The molecule has 4 rings (SSSR count). The van der Waals surface area contributed by atoms with E-state index >= 15 is 0 Å². The van der Waals surface area contributed by atoms with E-state index in [4.69, 9.17) is 0 Å². The fourth-order valence-electron chi connectivity index (χ4n) is 4.19. The third kappa shape index (κ3) is 3.72. The van der Waals surface area contributed by atoms with E-state index in [2.05, 4.69) is 72.9 Å². The average Bonchev–Trinajstić information content (AvgIpc) is 3.13. The predicted molar refractivity (Wildman–Crippen MR) is 121 cm³/mol. The first-order chi connectivity index (χ1) is 14.2. The highest BCUT2D eigenvalue weighted by molar-refractivity contribution is 5.99. The number of benzene rings is 2. The zero-order valence-electron chi connectivity index (χ0n) is 18.4. The first-order valence-corrected chi connectivity index (χ1v) is 10.5. The summed E-state index contributed by atoms with van der Waals surface area (Å²) in [6.45, 7) is 10.4. The average molecular weight is 403 g/mol. The summed E-state index contributed by atoms with van der Waals surface area (Å²) in [7, 11) is 0. The van der Waals surface area contributed by atoms with Gasteiger partial charge in [0.2, 0.25) is 0 Å². The van der Waals surface area contributed by atoms with Crippen LogP contribution in [0.2, 0.25) is 0 Å². The number of hydrogen-bond donors (Lipinski definition) is 2. The van der Waals surface area contributed by atoms with E-state index < -0.39 is 5.54 Å². The maximum atomic E-state index is 13.3. The Morgan fingerprint density at radius 2 is 1.80 bits per heavy atom. The first kappa shape index (κ1) is 20.2. The fourth-order valence-corrected chi connectivity index (χ4v) is 4.19. The molecule has 156 valence electrons. The molecule has 1 aromatic heterocycles. The van der Waals surface area contributed by atoms with E-state index in [0.29, 0.717) is 5.56 Å². The van der Waals surface area contributed by atoms with E-state index in [0.717, 1.165) is 17.8 Å². The molecule has 2 N–H and O–H groups in total. The smallest absolute Gasteiger partial charge is 0.257 e. The van der Waals surface area contributed by atoms with Crippen LogP contribution in [0.5, 0.6) is 0 Å². The molecule has 1 unspecified atom stereocenters. The van der Waals surface area contributed by atoms with Crippen LogP contribution in [0.15, 0.2) is 60.8 Å². The second-order valence-electron chi connectivity index (χ2n) is 9.39. The van der Waals surface area contributed by atoms with E-state index in [1.54, 1.807) is 6.20 Å². The molecule has 1 amide bonds. The summed E-state index contributed by atoms with van der Waals surface area (Å²) in [6, 6.07) is 18.8. The van der Waals surface area contributed by atoms with Crippen molar-refractivity contribution in [2.24, 2.45) is 0 Å². The van der Waals surface area contributed by atoms with Crippen molar-refractivity contribution in [1.29, 1.82) is 0 Å². The van der Waals surface area contributed by atoms with E-state index in [9.17, 15) is 4.79 Å². The molecular formula is C25H30N4O. The summed E-state index contributed by atoms with van der Waals surface area (Å²) >= 11 is 0. The van der Waals surface area contributed by atoms with Crippen molar-refractivity contribution in [2.75, 3.05) is 5.32 Å². The molecule has 2 heterocycles. The van der Waals surface area contributed by atoms with Crippen LogP contribution >= 0.6 is 0 Å². The number of nitrogens with one attached hydrogen (secondary N) is 2. The molecular weight excluding hydrogens is 372 g/mol. The molecule has 0 aliphatic carbocycles. The standard InChI is InChI=1S/C25H30N4O/c1-17-11-13-19(14-12-17)25(4,5)28-23(30)20-16-26-29-22(20)27-21(15-24(29,2)3)18-9-7-6-8-10-18/h6-14,16,21,27H,15H2,1-5H3,(H,28,30). The number of carbonyl (C=O) groups excluding carboxylic acids is 1. The van der Waals surface area contributed by atoms with Crippen LogP contribution in [-0.2, 0) is 11.1 Å². The van der Waals surface area contributed by atoms with Gasteiger partial charge in [-0.05, 0) is 52.2 Å². The maximum Gasteiger partial charge on any atom is 0.257 e. The van der Waals surface area contributed by atoms with Gasteiger partial charge < -0.3 is 10.6 Å². The highest BCUT2D eigenvalue weighted by Crippen LogP contribution is 2.40. The Hall–Kier alpha value is -3.08. The number of rotatable bonds is 4. The molecule has 0 radical (unpaired) electrons. The van der Waals surface area contributed by atoms with Gasteiger partial charge in [-0.2, -0.15) is 5.10 Å². The number of nitrogens with zero attached hydrogens (tertiary/aromatic N) is 2. The molecule has 2 aromatic carbocycles. The summed E-state index contributed by atoms with van der Waals surface area (Å²) in [5.41, 5.74) is 3.35. The van der Waals surface area contributed by atoms with Crippen molar-refractivity contribution in [3.8, 4) is 0 Å². The fraction of sp³-hybridized carbons (Fsp3) is 0.360. The summed E-state index contributed by atoms with van der Waals surface area (Å²) in [5.74, 6) is 0.649. The highest BCUT2D eigenvalue weighted by atomic mass is 16.1. The second kappa shape index (κ2) is 7.31. The van der Waals surface area contributed by atoms with E-state index in [1.165, 1.54) is 11.1 Å². The normalized spacial score (nSPS) is 17.7. The van der Waals surface area contributed by atoms with Crippen molar-refractivity contribution in [3.05, 3.63) is 83.0 Å². The highest BCUT2D eigenvalue weighted by Gasteiger charge is 2.37. The third-order valence-electron chi connectivity index (χ3n) is 6.00. The summed E-state index contributed by atoms with van der Waals surface area (Å²) in [6.07, 6.45) is 2.57. The van der Waals surface area contributed by atoms with E-state index in [-0.39, 0.29) is 17.5 Å². The minimum atomic E-state index is -0.497. The number of aromatic nitrogens is 2. The van der Waals surface area contributed by atoms with Gasteiger partial charge in [-0.25, -0.2) is 4.68 Å². The van der Waals surface area contributed by atoms with Crippen LogP contribution in [0.4, 0.5) is 5.82 Å². The van der Waals surface area contributed by atoms with Gasteiger partial charge in [-0.3, -0.25) is 4.79 Å². The summed E-state index contributed by atoms with van der Waals surface area (Å²) < 4.78 is 1.94. The molecule has 30 heavy (non-hydrogen) atoms. The van der Waals surface area contributed by atoms with Crippen LogP contribution < -0.4 is 10.6 Å². The number of fused-ring (bicyclic) bond motifs is 1. The SMILES string of the molecule is Cc1ccc(C(C)(C)NC(=O)c2cnn3c2NC(c2ccccc2)CC3(C)C)cc1. The van der Waals surface area contributed by atoms with Gasteiger partial charge in [0.25, 0.3) is 5.91 Å². The van der Waals surface area contributed by atoms with Crippen molar-refractivity contribution in [2.45, 2.75) is 58.2 Å². The van der Waals surface area contributed by atoms with Gasteiger partial charge in [0.05, 0.1) is 23.3 Å². The van der Waals surface area contributed by atoms with Gasteiger partial charge in [0.15, 0.2) is 0 Å². The number of hydrogen-bond acceptors (Lipinski definition) is 3. The lowest BCUT2D eigenvalue weighted by atomic mass is 9.89. The minimum absolute atomic E-state index is 0.126. The molecule has 1 aliphatic rings. The monoisotopic (exact) mass is 402 g/mol. The molecule has 0 saturated carbocycles. The molecule has 0 bridgehead atoms. The van der Waals surface area contributed by atoms with Gasteiger partial charge in [0, 0.05) is 0 Å². The lowest BCUT2D eigenvalue weighted by Gasteiger charge is -2.38. The second-order valence-corrected chi connectivity index (χ2v) is 9.39. The Balaban J connectivity index is 1.63. The van der Waals surface area contributed by atoms with Gasteiger partial charge in [-0.1, -0.05) is 60.2 Å².